The molecule has 8 nitrogen and oxygen atoms in total. The summed E-state index contributed by atoms with van der Waals surface area (Å²) in [6.45, 7) is 3.11. The molecule has 1 aromatic carbocycles. The highest BCUT2D eigenvalue weighted by molar-refractivity contribution is 6.30. The number of aromatic nitrogens is 2. The van der Waals surface area contributed by atoms with E-state index in [1.54, 1.807) is 28.6 Å². The van der Waals surface area contributed by atoms with Crippen LogP contribution in [0.3, 0.4) is 0 Å². The summed E-state index contributed by atoms with van der Waals surface area (Å²) in [5.41, 5.74) is 1.30. The SMILES string of the molecule is CCCCOc1nc2c(n1Cc1ccc(Cl)cc1)C(=O)N(CCCO)C(O)N2C. The standard InChI is InChI=1S/C20H27ClN4O4/c1-3-4-12-29-19-22-17-16(25(19)13-14-6-8-15(21)9-7-14)18(27)24(10-5-11-26)20(28)23(17)2/h6-9,20,26,28H,3-5,10-13H2,1-2H3. The maximum Gasteiger partial charge on any atom is 0.299 e. The van der Waals surface area contributed by atoms with E-state index in [1.165, 1.54) is 4.90 Å². The van der Waals surface area contributed by atoms with Gasteiger partial charge in [0.25, 0.3) is 11.9 Å². The van der Waals surface area contributed by atoms with Crippen LogP contribution in [0, 0.1) is 0 Å². The van der Waals surface area contributed by atoms with Crippen molar-refractivity contribution in [2.24, 2.45) is 0 Å². The molecule has 1 aliphatic rings. The van der Waals surface area contributed by atoms with E-state index in [0.717, 1.165) is 18.4 Å². The minimum atomic E-state index is -1.15. The molecule has 1 atom stereocenters. The van der Waals surface area contributed by atoms with Crippen LogP contribution in [-0.2, 0) is 6.54 Å². The Hall–Kier alpha value is -2.29. The third-order valence-electron chi connectivity index (χ3n) is 4.88. The van der Waals surface area contributed by atoms with Gasteiger partial charge in [0.05, 0.1) is 13.2 Å². The van der Waals surface area contributed by atoms with Gasteiger partial charge in [0.1, 0.15) is 0 Å². The summed E-state index contributed by atoms with van der Waals surface area (Å²) in [6, 6.07) is 7.71. The zero-order valence-electron chi connectivity index (χ0n) is 16.7. The molecule has 1 amide bonds. The van der Waals surface area contributed by atoms with Gasteiger partial charge in [-0.25, -0.2) is 0 Å². The Bertz CT molecular complexity index is 840. The molecule has 29 heavy (non-hydrogen) atoms. The Kier molecular flexibility index (Phi) is 7.00. The monoisotopic (exact) mass is 422 g/mol. The summed E-state index contributed by atoms with van der Waals surface area (Å²) in [6.07, 6.45) is 1.07. The number of ether oxygens (including phenoxy) is 1. The lowest BCUT2D eigenvalue weighted by atomic mass is 10.2. The number of hydrogen-bond acceptors (Lipinski definition) is 6. The lowest BCUT2D eigenvalue weighted by molar-refractivity contribution is 0.00112. The van der Waals surface area contributed by atoms with Crippen molar-refractivity contribution in [2.45, 2.75) is 39.1 Å². The summed E-state index contributed by atoms with van der Waals surface area (Å²) in [4.78, 5) is 20.6. The summed E-state index contributed by atoms with van der Waals surface area (Å²) in [5, 5.41) is 20.3. The maximum absolute atomic E-state index is 13.2. The van der Waals surface area contributed by atoms with Gasteiger partial charge in [0, 0.05) is 25.2 Å². The van der Waals surface area contributed by atoms with Crippen LogP contribution in [0.25, 0.3) is 0 Å². The molecule has 9 heteroatoms. The van der Waals surface area contributed by atoms with Crippen LogP contribution in [-0.4, -0.2) is 63.7 Å². The maximum atomic E-state index is 13.2. The number of anilines is 1. The predicted octanol–water partition coefficient (Wildman–Crippen LogP) is 2.31. The molecule has 3 rings (SSSR count). The largest absolute Gasteiger partial charge is 0.465 e. The average molecular weight is 423 g/mol. The fourth-order valence-corrected chi connectivity index (χ4v) is 3.36. The van der Waals surface area contributed by atoms with Gasteiger partial charge in [-0.3, -0.25) is 14.3 Å². The fraction of sp³-hybridized carbons (Fsp3) is 0.500. The van der Waals surface area contributed by atoms with Crippen LogP contribution >= 0.6 is 11.6 Å². The minimum absolute atomic E-state index is 0.0670. The van der Waals surface area contributed by atoms with E-state index in [1.807, 2.05) is 12.1 Å². The third kappa shape index (κ3) is 4.49. The first-order valence-electron chi connectivity index (χ1n) is 9.78. The van der Waals surface area contributed by atoms with E-state index >= 15 is 0 Å². The van der Waals surface area contributed by atoms with Crippen molar-refractivity contribution in [1.29, 1.82) is 0 Å². The van der Waals surface area contributed by atoms with E-state index in [-0.39, 0.29) is 19.1 Å². The highest BCUT2D eigenvalue weighted by atomic mass is 35.5. The lowest BCUT2D eigenvalue weighted by Crippen LogP contribution is -2.54. The van der Waals surface area contributed by atoms with Crippen molar-refractivity contribution >= 4 is 23.3 Å². The zero-order chi connectivity index (χ0) is 21.0. The normalized spacial score (nSPS) is 16.3. The van der Waals surface area contributed by atoms with Crippen LogP contribution in [0.1, 0.15) is 42.2 Å². The third-order valence-corrected chi connectivity index (χ3v) is 5.13. The molecule has 1 aromatic heterocycles. The molecule has 0 fully saturated rings. The fourth-order valence-electron chi connectivity index (χ4n) is 3.23. The molecule has 0 saturated carbocycles. The van der Waals surface area contributed by atoms with E-state index in [0.29, 0.717) is 42.1 Å². The molecule has 0 spiro atoms. The molecule has 158 valence electrons. The highest BCUT2D eigenvalue weighted by Gasteiger charge is 2.40. The molecule has 2 aromatic rings. The van der Waals surface area contributed by atoms with E-state index in [4.69, 9.17) is 21.4 Å². The van der Waals surface area contributed by atoms with E-state index < -0.39 is 6.35 Å². The number of amides is 1. The molecular weight excluding hydrogens is 396 g/mol. The molecule has 0 radical (unpaired) electrons. The summed E-state index contributed by atoms with van der Waals surface area (Å²) >= 11 is 5.99. The van der Waals surface area contributed by atoms with Crippen molar-refractivity contribution in [3.8, 4) is 6.01 Å². The first-order chi connectivity index (χ1) is 14.0. The lowest BCUT2D eigenvalue weighted by Gasteiger charge is -2.38. The number of aliphatic hydroxyl groups excluding tert-OH is 2. The Balaban J connectivity index is 2.01. The van der Waals surface area contributed by atoms with Crippen molar-refractivity contribution in [1.82, 2.24) is 14.5 Å². The van der Waals surface area contributed by atoms with Crippen molar-refractivity contribution in [2.75, 3.05) is 31.7 Å². The molecule has 1 unspecified atom stereocenters. The van der Waals surface area contributed by atoms with Gasteiger partial charge < -0.3 is 19.8 Å². The Morgan fingerprint density at radius 2 is 1.97 bits per heavy atom. The van der Waals surface area contributed by atoms with Gasteiger partial charge in [0.2, 0.25) is 6.35 Å². The van der Waals surface area contributed by atoms with Crippen LogP contribution < -0.4 is 9.64 Å². The molecule has 0 saturated heterocycles. The Labute approximate surface area is 175 Å². The van der Waals surface area contributed by atoms with Gasteiger partial charge in [-0.15, -0.1) is 0 Å². The number of rotatable bonds is 9. The number of benzene rings is 1. The number of aliphatic hydroxyl groups is 2. The number of hydrogen-bond donors (Lipinski definition) is 2. The Morgan fingerprint density at radius 3 is 2.62 bits per heavy atom. The van der Waals surface area contributed by atoms with Crippen molar-refractivity contribution in [3.63, 3.8) is 0 Å². The molecule has 2 N–H and O–H groups in total. The second kappa shape index (κ2) is 9.47. The van der Waals surface area contributed by atoms with Gasteiger partial charge >= 0.3 is 0 Å². The number of unbranched alkanes of at least 4 members (excludes halogenated alkanes) is 1. The van der Waals surface area contributed by atoms with Crippen LogP contribution in [0.4, 0.5) is 5.82 Å². The summed E-state index contributed by atoms with van der Waals surface area (Å²) in [5.74, 6) is 0.0362. The van der Waals surface area contributed by atoms with Crippen molar-refractivity contribution in [3.05, 3.63) is 40.5 Å². The summed E-state index contributed by atoms with van der Waals surface area (Å²) in [7, 11) is 1.68. The molecule has 0 bridgehead atoms. The van der Waals surface area contributed by atoms with E-state index in [9.17, 15) is 9.90 Å². The molecule has 1 aliphatic heterocycles. The summed E-state index contributed by atoms with van der Waals surface area (Å²) < 4.78 is 7.62. The minimum Gasteiger partial charge on any atom is -0.465 e. The topological polar surface area (TPSA) is 91.1 Å². The Morgan fingerprint density at radius 1 is 1.24 bits per heavy atom. The van der Waals surface area contributed by atoms with Crippen LogP contribution in [0.5, 0.6) is 6.01 Å². The predicted molar refractivity (Wildman–Crippen MR) is 110 cm³/mol. The highest BCUT2D eigenvalue weighted by Crippen LogP contribution is 2.33. The molecule has 2 heterocycles. The number of carbonyl (C=O) groups excluding carboxylic acids is 1. The van der Waals surface area contributed by atoms with Gasteiger partial charge in [-0.2, -0.15) is 4.98 Å². The first-order valence-corrected chi connectivity index (χ1v) is 10.2. The van der Waals surface area contributed by atoms with E-state index in [2.05, 4.69) is 11.9 Å². The smallest absolute Gasteiger partial charge is 0.299 e. The quantitative estimate of drug-likeness (QED) is 0.602. The van der Waals surface area contributed by atoms with Crippen molar-refractivity contribution < 1.29 is 19.7 Å². The first kappa shape index (κ1) is 21.4. The number of halogens is 1. The van der Waals surface area contributed by atoms with Gasteiger partial charge in [0.15, 0.2) is 11.5 Å². The van der Waals surface area contributed by atoms with Crippen LogP contribution in [0.15, 0.2) is 24.3 Å². The number of imidazole rings is 1. The molecule has 0 aliphatic carbocycles. The average Bonchev–Trinajstić information content (AvgIpc) is 3.07. The number of carbonyl (C=O) groups is 1. The zero-order valence-corrected chi connectivity index (χ0v) is 17.5. The molecular formula is C20H27ClN4O4. The van der Waals surface area contributed by atoms with Gasteiger partial charge in [-0.05, 0) is 30.5 Å². The number of fused-ring (bicyclic) bond motifs is 1. The number of nitrogens with zero attached hydrogens (tertiary/aromatic N) is 4. The van der Waals surface area contributed by atoms with Crippen LogP contribution in [0.2, 0.25) is 5.02 Å². The van der Waals surface area contributed by atoms with Gasteiger partial charge in [-0.1, -0.05) is 37.1 Å². The second-order valence-electron chi connectivity index (χ2n) is 7.01. The second-order valence-corrected chi connectivity index (χ2v) is 7.45.